The smallest absolute Gasteiger partial charge is 0.0937 e. The largest absolute Gasteiger partial charge is 0.387 e. The zero-order valence-corrected chi connectivity index (χ0v) is 9.38. The molecular weight excluding hydrogens is 162 g/mol. The maximum absolute atomic E-state index is 5.68. The van der Waals surface area contributed by atoms with Gasteiger partial charge in [-0.3, -0.25) is 4.99 Å². The van der Waals surface area contributed by atoms with Crippen LogP contribution in [0.25, 0.3) is 0 Å². The summed E-state index contributed by atoms with van der Waals surface area (Å²) in [5.74, 6) is 0.791. The Morgan fingerprint density at radius 1 is 1.46 bits per heavy atom. The second-order valence-corrected chi connectivity index (χ2v) is 3.70. The minimum absolute atomic E-state index is 0.586. The fourth-order valence-electron chi connectivity index (χ4n) is 0.945. The van der Waals surface area contributed by atoms with E-state index in [2.05, 4.69) is 37.7 Å². The minimum Gasteiger partial charge on any atom is -0.387 e. The third-order valence-electron chi connectivity index (χ3n) is 2.16. The number of likely N-dealkylation sites (N-methyl/N-ethyl adjacent to an activating group) is 1. The Morgan fingerprint density at radius 3 is 2.54 bits per heavy atom. The van der Waals surface area contributed by atoms with Crippen LogP contribution in [0.5, 0.6) is 0 Å². The summed E-state index contributed by atoms with van der Waals surface area (Å²) < 4.78 is 0. The average Bonchev–Trinajstić information content (AvgIpc) is 2.04. The van der Waals surface area contributed by atoms with E-state index in [4.69, 9.17) is 5.73 Å². The normalized spacial score (nSPS) is 12.9. The first-order valence-electron chi connectivity index (χ1n) is 5.07. The molecule has 0 heterocycles. The van der Waals surface area contributed by atoms with Gasteiger partial charge in [0.1, 0.15) is 0 Å². The number of hydrogen-bond donors (Lipinski definition) is 1. The molecule has 13 heavy (non-hydrogen) atoms. The lowest BCUT2D eigenvalue weighted by Gasteiger charge is -2.19. The summed E-state index contributed by atoms with van der Waals surface area (Å²) >= 11 is 0. The fourth-order valence-corrected chi connectivity index (χ4v) is 0.945. The molecule has 0 bridgehead atoms. The second-order valence-electron chi connectivity index (χ2n) is 3.70. The summed E-state index contributed by atoms with van der Waals surface area (Å²) in [6.45, 7) is 8.28. The molecule has 0 aromatic carbocycles. The average molecular weight is 185 g/mol. The number of aliphatic imine (C=N–C) groups is 1. The molecule has 0 aliphatic rings. The van der Waals surface area contributed by atoms with E-state index in [1.807, 2.05) is 0 Å². The molecule has 2 N–H and O–H groups in total. The van der Waals surface area contributed by atoms with Crippen molar-refractivity contribution >= 4 is 5.84 Å². The van der Waals surface area contributed by atoms with Gasteiger partial charge in [-0.2, -0.15) is 0 Å². The van der Waals surface area contributed by atoms with Crippen LogP contribution in [0.2, 0.25) is 0 Å². The number of rotatable bonds is 6. The number of nitrogens with zero attached hydrogens (tertiary/aromatic N) is 2. The zero-order valence-electron chi connectivity index (χ0n) is 9.38. The lowest BCUT2D eigenvalue weighted by molar-refractivity contribution is 0.282. The minimum atomic E-state index is 0.586. The molecule has 0 fully saturated rings. The molecule has 0 aliphatic heterocycles. The molecule has 0 aromatic heterocycles. The van der Waals surface area contributed by atoms with Crippen molar-refractivity contribution in [3.63, 3.8) is 0 Å². The quantitative estimate of drug-likeness (QED) is 0.503. The summed E-state index contributed by atoms with van der Waals surface area (Å²) in [5.41, 5.74) is 5.68. The van der Waals surface area contributed by atoms with Gasteiger partial charge >= 0.3 is 0 Å². The second kappa shape index (κ2) is 6.89. The predicted molar refractivity (Wildman–Crippen MR) is 59.2 cm³/mol. The lowest BCUT2D eigenvalue weighted by atomic mass is 10.3. The van der Waals surface area contributed by atoms with E-state index < -0.39 is 0 Å². The Hall–Kier alpha value is -0.570. The molecule has 78 valence electrons. The van der Waals surface area contributed by atoms with E-state index >= 15 is 0 Å². The fraction of sp³-hybridized carbons (Fsp3) is 0.900. The van der Waals surface area contributed by atoms with Crippen molar-refractivity contribution < 1.29 is 0 Å². The van der Waals surface area contributed by atoms with E-state index in [0.717, 1.165) is 31.8 Å². The van der Waals surface area contributed by atoms with Gasteiger partial charge in [-0.25, -0.2) is 0 Å². The zero-order chi connectivity index (χ0) is 10.3. The van der Waals surface area contributed by atoms with Crippen LogP contribution in [0.4, 0.5) is 0 Å². The van der Waals surface area contributed by atoms with Gasteiger partial charge in [-0.15, -0.1) is 0 Å². The van der Waals surface area contributed by atoms with E-state index in [0.29, 0.717) is 6.04 Å². The van der Waals surface area contributed by atoms with Gasteiger partial charge in [0.15, 0.2) is 0 Å². The van der Waals surface area contributed by atoms with Crippen LogP contribution >= 0.6 is 0 Å². The first-order valence-corrected chi connectivity index (χ1v) is 5.07. The maximum Gasteiger partial charge on any atom is 0.0937 e. The van der Waals surface area contributed by atoms with Crippen molar-refractivity contribution in [3.05, 3.63) is 0 Å². The Bertz CT molecular complexity index is 152. The number of nitrogens with two attached hydrogens (primary N) is 1. The van der Waals surface area contributed by atoms with Gasteiger partial charge in [0.25, 0.3) is 0 Å². The summed E-state index contributed by atoms with van der Waals surface area (Å²) in [6.07, 6.45) is 2.00. The van der Waals surface area contributed by atoms with Crippen molar-refractivity contribution in [2.75, 3.05) is 20.1 Å². The molecule has 0 atom stereocenters. The summed E-state index contributed by atoms with van der Waals surface area (Å²) in [4.78, 5) is 6.56. The molecule has 3 heteroatoms. The molecule has 0 radical (unpaired) electrons. The van der Waals surface area contributed by atoms with Gasteiger partial charge < -0.3 is 10.6 Å². The summed E-state index contributed by atoms with van der Waals surface area (Å²) in [6, 6.07) is 0.586. The van der Waals surface area contributed by atoms with Gasteiger partial charge in [0.2, 0.25) is 0 Å². The van der Waals surface area contributed by atoms with Crippen molar-refractivity contribution in [1.29, 1.82) is 0 Å². The predicted octanol–water partition coefficient (Wildman–Crippen LogP) is 1.48. The Kier molecular flexibility index (Phi) is 6.59. The molecule has 0 spiro atoms. The van der Waals surface area contributed by atoms with E-state index in [1.54, 1.807) is 0 Å². The van der Waals surface area contributed by atoms with Crippen LogP contribution in [0.3, 0.4) is 0 Å². The van der Waals surface area contributed by atoms with Gasteiger partial charge in [-0.1, -0.05) is 6.92 Å². The monoisotopic (exact) mass is 185 g/mol. The molecular formula is C10H23N3. The maximum atomic E-state index is 5.68. The highest BCUT2D eigenvalue weighted by atomic mass is 15.1. The molecule has 0 rings (SSSR count). The van der Waals surface area contributed by atoms with E-state index in [-0.39, 0.29) is 0 Å². The molecule has 0 saturated heterocycles. The molecule has 0 unspecified atom stereocenters. The molecule has 0 amide bonds. The Morgan fingerprint density at radius 2 is 2.08 bits per heavy atom. The van der Waals surface area contributed by atoms with Crippen molar-refractivity contribution in [2.24, 2.45) is 10.7 Å². The standard InChI is InChI=1S/C10H23N3/c1-5-6-10(11)12-7-8-13(4)9(2)3/h9H,5-8H2,1-4H3,(H2,11,12). The van der Waals surface area contributed by atoms with Gasteiger partial charge in [0, 0.05) is 19.0 Å². The first kappa shape index (κ1) is 12.4. The van der Waals surface area contributed by atoms with Crippen LogP contribution in [0.15, 0.2) is 4.99 Å². The van der Waals surface area contributed by atoms with Crippen molar-refractivity contribution in [2.45, 2.75) is 39.7 Å². The highest BCUT2D eigenvalue weighted by Crippen LogP contribution is 1.93. The van der Waals surface area contributed by atoms with Crippen LogP contribution in [-0.4, -0.2) is 36.9 Å². The van der Waals surface area contributed by atoms with Crippen LogP contribution in [-0.2, 0) is 0 Å². The molecule has 0 aliphatic carbocycles. The third kappa shape index (κ3) is 6.58. The van der Waals surface area contributed by atoms with Gasteiger partial charge in [0.05, 0.1) is 12.4 Å². The highest BCUT2D eigenvalue weighted by Gasteiger charge is 2.00. The SMILES string of the molecule is CCCC(N)=NCCN(C)C(C)C. The van der Waals surface area contributed by atoms with Gasteiger partial charge in [-0.05, 0) is 27.3 Å². The van der Waals surface area contributed by atoms with E-state index in [9.17, 15) is 0 Å². The molecule has 0 aromatic rings. The van der Waals surface area contributed by atoms with Crippen LogP contribution in [0, 0.1) is 0 Å². The number of hydrogen-bond acceptors (Lipinski definition) is 2. The Balaban J connectivity index is 3.59. The highest BCUT2D eigenvalue weighted by molar-refractivity contribution is 5.80. The van der Waals surface area contributed by atoms with Crippen LogP contribution in [0.1, 0.15) is 33.6 Å². The van der Waals surface area contributed by atoms with Crippen LogP contribution < -0.4 is 5.73 Å². The summed E-state index contributed by atoms with van der Waals surface area (Å²) in [5, 5.41) is 0. The number of amidine groups is 1. The molecule has 3 nitrogen and oxygen atoms in total. The third-order valence-corrected chi connectivity index (χ3v) is 2.16. The molecule has 0 saturated carbocycles. The Labute approximate surface area is 82.0 Å². The van der Waals surface area contributed by atoms with Crippen molar-refractivity contribution in [1.82, 2.24) is 4.90 Å². The topological polar surface area (TPSA) is 41.6 Å². The van der Waals surface area contributed by atoms with E-state index in [1.165, 1.54) is 0 Å². The first-order chi connectivity index (χ1) is 6.07. The lowest BCUT2D eigenvalue weighted by Crippen LogP contribution is -2.29. The summed E-state index contributed by atoms with van der Waals surface area (Å²) in [7, 11) is 2.11. The van der Waals surface area contributed by atoms with Crippen molar-refractivity contribution in [3.8, 4) is 0 Å².